The summed E-state index contributed by atoms with van der Waals surface area (Å²) >= 11 is 0. The molecule has 0 atom stereocenters. The highest BCUT2D eigenvalue weighted by Gasteiger charge is 2.23. The lowest BCUT2D eigenvalue weighted by Crippen LogP contribution is -2.03. The third-order valence-electron chi connectivity index (χ3n) is 2.64. The number of fused-ring (bicyclic) bond motifs is 1. The van der Waals surface area contributed by atoms with Crippen LogP contribution in [0.25, 0.3) is 5.65 Å². The summed E-state index contributed by atoms with van der Waals surface area (Å²) in [5.41, 5.74) is 2.18. The quantitative estimate of drug-likeness (QED) is 0.815. The van der Waals surface area contributed by atoms with Gasteiger partial charge in [-0.3, -0.25) is 4.40 Å². The maximum absolute atomic E-state index is 11.7. The number of hydrogen-bond acceptors (Lipinski definition) is 3. The Morgan fingerprint density at radius 2 is 2.11 bits per heavy atom. The number of rotatable bonds is 3. The van der Waals surface area contributed by atoms with E-state index in [9.17, 15) is 8.42 Å². The molecule has 2 heterocycles. The summed E-state index contributed by atoms with van der Waals surface area (Å²) in [6, 6.07) is 3.68. The molecule has 0 radical (unpaired) electrons. The molecule has 0 aliphatic carbocycles. The molecule has 4 nitrogen and oxygen atoms in total. The van der Waals surface area contributed by atoms with Crippen LogP contribution >= 0.6 is 10.7 Å². The molecule has 2 rings (SSSR count). The van der Waals surface area contributed by atoms with E-state index in [0.29, 0.717) is 23.7 Å². The second-order valence-electron chi connectivity index (χ2n) is 4.83. The van der Waals surface area contributed by atoms with Crippen LogP contribution in [0, 0.1) is 12.8 Å². The van der Waals surface area contributed by atoms with Gasteiger partial charge in [-0.15, -0.1) is 0 Å². The summed E-state index contributed by atoms with van der Waals surface area (Å²) in [7, 11) is 1.72. The number of halogens is 1. The van der Waals surface area contributed by atoms with Crippen LogP contribution in [-0.4, -0.2) is 17.8 Å². The molecule has 98 valence electrons. The molecule has 2 aromatic rings. The summed E-state index contributed by atoms with van der Waals surface area (Å²) in [5.74, 6) is 0.313. The van der Waals surface area contributed by atoms with Crippen molar-refractivity contribution in [3.8, 4) is 0 Å². The van der Waals surface area contributed by atoms with Crippen LogP contribution in [0.15, 0.2) is 23.4 Å². The topological polar surface area (TPSA) is 51.4 Å². The predicted molar refractivity (Wildman–Crippen MR) is 71.5 cm³/mol. The molecule has 0 saturated heterocycles. The molecular weight excluding hydrogens is 272 g/mol. The van der Waals surface area contributed by atoms with Crippen LogP contribution in [0.3, 0.4) is 0 Å². The molecule has 0 fully saturated rings. The Morgan fingerprint density at radius 3 is 2.67 bits per heavy atom. The minimum absolute atomic E-state index is 0.0906. The summed E-state index contributed by atoms with van der Waals surface area (Å²) in [5, 5.41) is 0.0906. The van der Waals surface area contributed by atoms with Crippen molar-refractivity contribution >= 4 is 25.4 Å². The van der Waals surface area contributed by atoms with E-state index < -0.39 is 9.05 Å². The van der Waals surface area contributed by atoms with Crippen molar-refractivity contribution in [2.45, 2.75) is 32.2 Å². The predicted octanol–water partition coefficient (Wildman–Crippen LogP) is 2.77. The molecule has 0 aliphatic rings. The number of imidazole rings is 1. The summed E-state index contributed by atoms with van der Waals surface area (Å²) in [6.45, 7) is 5.96. The summed E-state index contributed by atoms with van der Waals surface area (Å²) in [6.07, 6.45) is 2.28. The standard InChI is InChI=1S/C12H15ClN2O2S/c1-8(2)6-10-12(18(13,16)17)15-5-4-9(3)7-11(15)14-10/h4-5,7-8H,6H2,1-3H3. The lowest BCUT2D eigenvalue weighted by molar-refractivity contribution is 0.594. The fourth-order valence-corrected chi connectivity index (χ4v) is 3.24. The Hall–Kier alpha value is -1.07. The maximum atomic E-state index is 11.7. The molecule has 18 heavy (non-hydrogen) atoms. The molecule has 0 amide bonds. The molecule has 0 unspecified atom stereocenters. The fraction of sp³-hybridized carbons (Fsp3) is 0.417. The highest BCUT2D eigenvalue weighted by Crippen LogP contribution is 2.24. The number of aromatic nitrogens is 2. The van der Waals surface area contributed by atoms with Crippen LogP contribution < -0.4 is 0 Å². The third kappa shape index (κ3) is 2.52. The Morgan fingerprint density at radius 1 is 1.44 bits per heavy atom. The van der Waals surface area contributed by atoms with Gasteiger partial charge in [0, 0.05) is 16.9 Å². The highest BCUT2D eigenvalue weighted by atomic mass is 35.7. The van der Waals surface area contributed by atoms with Gasteiger partial charge in [0.2, 0.25) is 0 Å². The minimum atomic E-state index is -3.80. The van der Waals surface area contributed by atoms with Crippen molar-refractivity contribution in [3.63, 3.8) is 0 Å². The van der Waals surface area contributed by atoms with Crippen molar-refractivity contribution < 1.29 is 8.42 Å². The monoisotopic (exact) mass is 286 g/mol. The van der Waals surface area contributed by atoms with E-state index in [4.69, 9.17) is 10.7 Å². The van der Waals surface area contributed by atoms with E-state index in [-0.39, 0.29) is 5.03 Å². The lowest BCUT2D eigenvalue weighted by atomic mass is 10.1. The number of nitrogens with zero attached hydrogens (tertiary/aromatic N) is 2. The summed E-state index contributed by atoms with van der Waals surface area (Å²) in [4.78, 5) is 4.38. The van der Waals surface area contributed by atoms with E-state index in [1.165, 1.54) is 4.40 Å². The highest BCUT2D eigenvalue weighted by molar-refractivity contribution is 8.13. The van der Waals surface area contributed by atoms with Gasteiger partial charge in [0.25, 0.3) is 9.05 Å². The van der Waals surface area contributed by atoms with Gasteiger partial charge in [-0.05, 0) is 37.0 Å². The van der Waals surface area contributed by atoms with Gasteiger partial charge in [0.05, 0.1) is 5.69 Å². The van der Waals surface area contributed by atoms with Crippen molar-refractivity contribution in [1.29, 1.82) is 0 Å². The van der Waals surface area contributed by atoms with Crippen molar-refractivity contribution in [1.82, 2.24) is 9.38 Å². The van der Waals surface area contributed by atoms with Crippen molar-refractivity contribution in [2.24, 2.45) is 5.92 Å². The second kappa shape index (κ2) is 4.55. The first kappa shape index (κ1) is 13.4. The Kier molecular flexibility index (Phi) is 3.38. The zero-order valence-corrected chi connectivity index (χ0v) is 12.1. The van der Waals surface area contributed by atoms with Crippen LogP contribution in [0.4, 0.5) is 0 Å². The minimum Gasteiger partial charge on any atom is -0.289 e. The number of pyridine rings is 1. The van der Waals surface area contributed by atoms with Crippen LogP contribution in [0.2, 0.25) is 0 Å². The Balaban J connectivity index is 2.76. The zero-order valence-electron chi connectivity index (χ0n) is 10.5. The van der Waals surface area contributed by atoms with Crippen LogP contribution in [0.1, 0.15) is 25.1 Å². The molecule has 6 heteroatoms. The maximum Gasteiger partial charge on any atom is 0.279 e. The van der Waals surface area contributed by atoms with E-state index in [1.54, 1.807) is 6.20 Å². The first-order chi connectivity index (χ1) is 8.29. The zero-order chi connectivity index (χ0) is 13.5. The third-order valence-corrected chi connectivity index (χ3v) is 3.97. The Labute approximate surface area is 111 Å². The molecule has 0 spiro atoms. The van der Waals surface area contributed by atoms with E-state index in [1.807, 2.05) is 32.9 Å². The molecule has 0 saturated carbocycles. The fourth-order valence-electron chi connectivity index (χ4n) is 1.95. The van der Waals surface area contributed by atoms with Crippen LogP contribution in [0.5, 0.6) is 0 Å². The van der Waals surface area contributed by atoms with Crippen molar-refractivity contribution in [2.75, 3.05) is 0 Å². The average Bonchev–Trinajstić information content (AvgIpc) is 2.52. The summed E-state index contributed by atoms with van der Waals surface area (Å²) < 4.78 is 24.9. The number of hydrogen-bond donors (Lipinski definition) is 0. The lowest BCUT2D eigenvalue weighted by Gasteiger charge is -2.03. The van der Waals surface area contributed by atoms with Crippen LogP contribution in [-0.2, 0) is 15.5 Å². The van der Waals surface area contributed by atoms with Gasteiger partial charge < -0.3 is 0 Å². The van der Waals surface area contributed by atoms with Gasteiger partial charge >= 0.3 is 0 Å². The largest absolute Gasteiger partial charge is 0.289 e. The normalized spacial score (nSPS) is 12.5. The SMILES string of the molecule is Cc1ccn2c(S(=O)(=O)Cl)c(CC(C)C)nc2c1. The van der Waals surface area contributed by atoms with Crippen molar-refractivity contribution in [3.05, 3.63) is 29.6 Å². The first-order valence-corrected chi connectivity index (χ1v) is 8.02. The van der Waals surface area contributed by atoms with Gasteiger partial charge in [0.15, 0.2) is 5.03 Å². The van der Waals surface area contributed by atoms with E-state index in [2.05, 4.69) is 4.98 Å². The molecule has 0 aliphatic heterocycles. The van der Waals surface area contributed by atoms with Gasteiger partial charge in [0.1, 0.15) is 5.65 Å². The smallest absolute Gasteiger partial charge is 0.279 e. The van der Waals surface area contributed by atoms with Gasteiger partial charge in [-0.2, -0.15) is 0 Å². The Bertz CT molecular complexity index is 689. The van der Waals surface area contributed by atoms with Gasteiger partial charge in [-0.25, -0.2) is 13.4 Å². The molecular formula is C12H15ClN2O2S. The molecule has 0 aromatic carbocycles. The average molecular weight is 287 g/mol. The van der Waals surface area contributed by atoms with E-state index >= 15 is 0 Å². The number of aryl methyl sites for hydroxylation is 1. The second-order valence-corrected chi connectivity index (χ2v) is 7.31. The molecule has 0 N–H and O–H groups in total. The van der Waals surface area contributed by atoms with E-state index in [0.717, 1.165) is 5.56 Å². The first-order valence-electron chi connectivity index (χ1n) is 5.71. The molecule has 2 aromatic heterocycles. The molecule has 0 bridgehead atoms. The van der Waals surface area contributed by atoms with Gasteiger partial charge in [-0.1, -0.05) is 13.8 Å².